The highest BCUT2D eigenvalue weighted by Crippen LogP contribution is 2.22. The van der Waals surface area contributed by atoms with Crippen molar-refractivity contribution >= 4 is 11.4 Å². The molecule has 0 aliphatic rings. The summed E-state index contributed by atoms with van der Waals surface area (Å²) in [5.41, 5.74) is 3.76. The van der Waals surface area contributed by atoms with Gasteiger partial charge in [0.1, 0.15) is 11.4 Å². The van der Waals surface area contributed by atoms with Crippen molar-refractivity contribution in [2.45, 2.75) is 0 Å². The molecule has 24 heavy (non-hydrogen) atoms. The zero-order chi connectivity index (χ0) is 16.2. The van der Waals surface area contributed by atoms with Gasteiger partial charge in [-0.05, 0) is 30.3 Å². The van der Waals surface area contributed by atoms with Crippen molar-refractivity contribution in [2.75, 3.05) is 5.32 Å². The minimum atomic E-state index is 0.692. The van der Waals surface area contributed by atoms with Gasteiger partial charge in [0.25, 0.3) is 0 Å². The van der Waals surface area contributed by atoms with E-state index in [9.17, 15) is 0 Å². The Kier molecular flexibility index (Phi) is 3.69. The third-order valence-corrected chi connectivity index (χ3v) is 3.50. The molecule has 0 atom stereocenters. The first-order valence-electron chi connectivity index (χ1n) is 7.56. The summed E-state index contributed by atoms with van der Waals surface area (Å²) in [5, 5.41) is 12.2. The molecule has 0 amide bonds. The van der Waals surface area contributed by atoms with Crippen LogP contribution in [0.15, 0.2) is 79.4 Å². The number of hydrogen-bond acceptors (Lipinski definition) is 4. The van der Waals surface area contributed by atoms with Crippen LogP contribution in [0.3, 0.4) is 0 Å². The lowest BCUT2D eigenvalue weighted by molar-refractivity contribution is -0.377. The van der Waals surface area contributed by atoms with Gasteiger partial charge in [-0.1, -0.05) is 18.2 Å². The van der Waals surface area contributed by atoms with Gasteiger partial charge in [0.15, 0.2) is 18.2 Å². The molecule has 116 valence electrons. The molecule has 0 spiro atoms. The maximum Gasteiger partial charge on any atom is 0.190 e. The second-order valence-electron chi connectivity index (χ2n) is 5.21. The van der Waals surface area contributed by atoms with Crippen molar-refractivity contribution in [1.29, 1.82) is 0 Å². The van der Waals surface area contributed by atoms with Crippen LogP contribution >= 0.6 is 0 Å². The van der Waals surface area contributed by atoms with Gasteiger partial charge in [0.2, 0.25) is 0 Å². The van der Waals surface area contributed by atoms with Crippen molar-refractivity contribution in [3.8, 4) is 17.1 Å². The van der Waals surface area contributed by atoms with Crippen molar-refractivity contribution in [2.24, 2.45) is 0 Å². The van der Waals surface area contributed by atoms with Gasteiger partial charge in [-0.25, -0.2) is 9.97 Å². The van der Waals surface area contributed by atoms with Crippen LogP contribution in [0.1, 0.15) is 0 Å². The predicted molar refractivity (Wildman–Crippen MR) is 90.9 cm³/mol. The van der Waals surface area contributed by atoms with Crippen LogP contribution in [0, 0.1) is 0 Å². The van der Waals surface area contributed by atoms with E-state index in [1.165, 1.54) is 4.80 Å². The maximum atomic E-state index is 4.51. The molecule has 0 bridgehead atoms. The maximum absolute atomic E-state index is 4.51. The standard InChI is InChI=1S/C18H14N6/c1-2-10-20-18(8-1)24-21-13-17(23-24)14-5-3-6-15(11-14)22-16-7-4-9-19-12-16/h1-13,22H/p+1. The molecule has 3 heterocycles. The van der Waals surface area contributed by atoms with E-state index in [0.717, 1.165) is 22.6 Å². The molecule has 0 radical (unpaired) electrons. The second-order valence-corrected chi connectivity index (χ2v) is 5.21. The monoisotopic (exact) mass is 315 g/mol. The first-order chi connectivity index (χ1) is 11.9. The minimum Gasteiger partial charge on any atom is -0.351 e. The molecule has 0 saturated carbocycles. The van der Waals surface area contributed by atoms with Gasteiger partial charge in [0.05, 0.1) is 6.20 Å². The van der Waals surface area contributed by atoms with E-state index in [1.54, 1.807) is 12.4 Å². The molecule has 0 aliphatic heterocycles. The Bertz CT molecular complexity index is 934. The molecule has 2 N–H and O–H groups in total. The molecule has 4 aromatic rings. The lowest BCUT2D eigenvalue weighted by Gasteiger charge is -2.05. The van der Waals surface area contributed by atoms with Crippen LogP contribution in [-0.4, -0.2) is 20.0 Å². The summed E-state index contributed by atoms with van der Waals surface area (Å²) in [7, 11) is 0. The molecule has 0 aliphatic carbocycles. The number of hydrogen-bond donors (Lipinski definition) is 1. The number of nitrogens with zero attached hydrogens (tertiary/aromatic N) is 4. The third-order valence-electron chi connectivity index (χ3n) is 3.50. The average Bonchev–Trinajstić information content (AvgIpc) is 3.14. The lowest BCUT2D eigenvalue weighted by Crippen LogP contribution is -2.01. The summed E-state index contributed by atoms with van der Waals surface area (Å²) < 4.78 is 0. The Morgan fingerprint density at radius 2 is 1.92 bits per heavy atom. The molecule has 1 aromatic carbocycles. The van der Waals surface area contributed by atoms with E-state index in [0.29, 0.717) is 5.82 Å². The molecular weight excluding hydrogens is 300 g/mol. The van der Waals surface area contributed by atoms with Crippen LogP contribution in [0.4, 0.5) is 11.4 Å². The Morgan fingerprint density at radius 1 is 0.958 bits per heavy atom. The van der Waals surface area contributed by atoms with Crippen LogP contribution in [-0.2, 0) is 0 Å². The lowest BCUT2D eigenvalue weighted by atomic mass is 10.1. The quantitative estimate of drug-likeness (QED) is 0.628. The van der Waals surface area contributed by atoms with E-state index >= 15 is 0 Å². The number of aromatic amines is 1. The van der Waals surface area contributed by atoms with Crippen molar-refractivity contribution in [3.05, 3.63) is 79.4 Å². The van der Waals surface area contributed by atoms with E-state index in [1.807, 2.05) is 67.0 Å². The summed E-state index contributed by atoms with van der Waals surface area (Å²) in [6.45, 7) is 0. The molecule has 0 unspecified atom stereocenters. The Balaban J connectivity index is 1.61. The van der Waals surface area contributed by atoms with Crippen molar-refractivity contribution in [1.82, 2.24) is 20.0 Å². The van der Waals surface area contributed by atoms with Gasteiger partial charge in [-0.2, -0.15) is 5.10 Å². The molecular formula is C18H15N6+. The number of benzene rings is 1. The molecule has 6 nitrogen and oxygen atoms in total. The smallest absolute Gasteiger partial charge is 0.190 e. The topological polar surface area (TPSA) is 69.8 Å². The van der Waals surface area contributed by atoms with Crippen molar-refractivity contribution < 1.29 is 4.98 Å². The van der Waals surface area contributed by atoms with E-state index in [-0.39, 0.29) is 0 Å². The Morgan fingerprint density at radius 3 is 2.75 bits per heavy atom. The normalized spacial score (nSPS) is 10.5. The third kappa shape index (κ3) is 2.98. The molecule has 6 heteroatoms. The highest BCUT2D eigenvalue weighted by molar-refractivity contribution is 5.67. The predicted octanol–water partition coefficient (Wildman–Crippen LogP) is 2.89. The van der Waals surface area contributed by atoms with E-state index in [2.05, 4.69) is 25.5 Å². The molecule has 3 aromatic heterocycles. The fourth-order valence-electron chi connectivity index (χ4n) is 2.37. The van der Waals surface area contributed by atoms with Gasteiger partial charge in [-0.3, -0.25) is 0 Å². The van der Waals surface area contributed by atoms with Crippen LogP contribution in [0.2, 0.25) is 0 Å². The summed E-state index contributed by atoms with van der Waals surface area (Å²) in [6.07, 6.45) is 7.24. The molecule has 0 fully saturated rings. The second kappa shape index (κ2) is 6.29. The van der Waals surface area contributed by atoms with Gasteiger partial charge < -0.3 is 5.32 Å². The van der Waals surface area contributed by atoms with Crippen LogP contribution < -0.4 is 10.3 Å². The number of anilines is 2. The SMILES string of the molecule is c1ccc(-n2ncc(-c3cccc(Nc4ccc[nH+]c4)c3)n2)nc1. The largest absolute Gasteiger partial charge is 0.351 e. The molecule has 0 saturated heterocycles. The number of H-pyrrole nitrogens is 1. The zero-order valence-electron chi connectivity index (χ0n) is 12.8. The Labute approximate surface area is 138 Å². The van der Waals surface area contributed by atoms with Gasteiger partial charge in [0, 0.05) is 23.5 Å². The average molecular weight is 315 g/mol. The fraction of sp³-hybridized carbons (Fsp3) is 0. The van der Waals surface area contributed by atoms with E-state index in [4.69, 9.17) is 0 Å². The highest BCUT2D eigenvalue weighted by atomic mass is 15.5. The molecule has 4 rings (SSSR count). The Hall–Kier alpha value is -3.54. The highest BCUT2D eigenvalue weighted by Gasteiger charge is 2.07. The fourth-order valence-corrected chi connectivity index (χ4v) is 2.37. The summed E-state index contributed by atoms with van der Waals surface area (Å²) >= 11 is 0. The minimum absolute atomic E-state index is 0.692. The van der Waals surface area contributed by atoms with Gasteiger partial charge >= 0.3 is 0 Å². The number of rotatable bonds is 4. The number of aromatic nitrogens is 5. The van der Waals surface area contributed by atoms with Gasteiger partial charge in [-0.15, -0.1) is 9.90 Å². The summed E-state index contributed by atoms with van der Waals surface area (Å²) in [6, 6.07) is 17.6. The first-order valence-corrected chi connectivity index (χ1v) is 7.56. The van der Waals surface area contributed by atoms with Crippen LogP contribution in [0.25, 0.3) is 17.1 Å². The number of nitrogens with one attached hydrogen (secondary N) is 2. The first kappa shape index (κ1) is 14.1. The summed E-state index contributed by atoms with van der Waals surface area (Å²) in [5.74, 6) is 0.692. The summed E-state index contributed by atoms with van der Waals surface area (Å²) in [4.78, 5) is 8.83. The number of pyridine rings is 2. The van der Waals surface area contributed by atoms with Crippen molar-refractivity contribution in [3.63, 3.8) is 0 Å². The van der Waals surface area contributed by atoms with E-state index < -0.39 is 0 Å². The van der Waals surface area contributed by atoms with Crippen LogP contribution in [0.5, 0.6) is 0 Å². The zero-order valence-corrected chi connectivity index (χ0v) is 12.8.